The molecule has 0 aromatic heterocycles. The maximum atomic E-state index is 13.1. The number of carbonyl (C=O) groups is 4. The lowest BCUT2D eigenvalue weighted by Crippen LogP contribution is -2.50. The molecule has 3 N–H and O–H groups in total. The van der Waals surface area contributed by atoms with Gasteiger partial charge in [-0.1, -0.05) is 57.0 Å². The number of carbonyl (C=O) groups excluding carboxylic acids is 4. The quantitative estimate of drug-likeness (QED) is 0.352. The topological polar surface area (TPSA) is 123 Å². The van der Waals surface area contributed by atoms with Crippen molar-refractivity contribution >= 4 is 23.9 Å². The molecule has 0 saturated carbocycles. The van der Waals surface area contributed by atoms with Crippen molar-refractivity contribution in [1.82, 2.24) is 16.0 Å². The number of hydrogen-bond donors (Lipinski definition) is 3. The van der Waals surface area contributed by atoms with Gasteiger partial charge in [-0.05, 0) is 59.9 Å². The molecular formula is C28H45N3O6. The zero-order valence-electron chi connectivity index (χ0n) is 23.6. The van der Waals surface area contributed by atoms with Crippen LogP contribution >= 0.6 is 0 Å². The highest BCUT2D eigenvalue weighted by Crippen LogP contribution is 2.20. The third-order valence-electron chi connectivity index (χ3n) is 5.23. The van der Waals surface area contributed by atoms with Crippen LogP contribution < -0.4 is 16.0 Å². The van der Waals surface area contributed by atoms with Crippen LogP contribution in [-0.4, -0.2) is 47.7 Å². The van der Waals surface area contributed by atoms with E-state index in [0.29, 0.717) is 18.4 Å². The number of ether oxygens (including phenoxy) is 2. The first-order chi connectivity index (χ1) is 17.2. The van der Waals surface area contributed by atoms with Crippen molar-refractivity contribution in [2.24, 2.45) is 5.92 Å². The highest BCUT2D eigenvalue weighted by Gasteiger charge is 2.31. The Morgan fingerprint density at radius 2 is 1.38 bits per heavy atom. The van der Waals surface area contributed by atoms with Gasteiger partial charge < -0.3 is 25.4 Å². The molecule has 208 valence electrons. The molecule has 0 fully saturated rings. The largest absolute Gasteiger partial charge is 0.458 e. The maximum Gasteiger partial charge on any atom is 0.407 e. The van der Waals surface area contributed by atoms with Gasteiger partial charge in [0.15, 0.2) is 6.04 Å². The Labute approximate surface area is 221 Å². The van der Waals surface area contributed by atoms with E-state index in [1.807, 2.05) is 19.9 Å². The van der Waals surface area contributed by atoms with Gasteiger partial charge in [-0.3, -0.25) is 9.59 Å². The standard InChI is InChI=1S/C28H45N3O6/c1-9-14-20(21(15-10-2)30-26(35)37-28(6,7)8)24(33)29-18-22(32)31-23(19-16-12-11-13-17-19)25(34)36-27(3,4)5/h11-13,16-17,20-21,23H,9-10,14-15,18H2,1-8H3,(H,29,33)(H,30,35)(H,31,32). The summed E-state index contributed by atoms with van der Waals surface area (Å²) in [5.41, 5.74) is -0.818. The van der Waals surface area contributed by atoms with E-state index in [2.05, 4.69) is 16.0 Å². The number of hydrogen-bond acceptors (Lipinski definition) is 6. The molecular weight excluding hydrogens is 474 g/mol. The highest BCUT2D eigenvalue weighted by molar-refractivity contribution is 5.89. The summed E-state index contributed by atoms with van der Waals surface area (Å²) in [6, 6.07) is 7.33. The van der Waals surface area contributed by atoms with Crippen molar-refractivity contribution in [2.75, 3.05) is 6.54 Å². The van der Waals surface area contributed by atoms with Gasteiger partial charge in [-0.2, -0.15) is 0 Å². The average Bonchev–Trinajstić information content (AvgIpc) is 2.77. The molecule has 3 amide bonds. The van der Waals surface area contributed by atoms with Crippen LogP contribution in [0.5, 0.6) is 0 Å². The van der Waals surface area contributed by atoms with Crippen molar-refractivity contribution in [2.45, 2.75) is 104 Å². The van der Waals surface area contributed by atoms with E-state index in [9.17, 15) is 19.2 Å². The summed E-state index contributed by atoms with van der Waals surface area (Å²) in [7, 11) is 0. The zero-order valence-corrected chi connectivity index (χ0v) is 23.6. The minimum atomic E-state index is -1.02. The first-order valence-electron chi connectivity index (χ1n) is 13.0. The lowest BCUT2D eigenvalue weighted by atomic mass is 9.90. The van der Waals surface area contributed by atoms with Crippen molar-refractivity contribution in [3.05, 3.63) is 35.9 Å². The smallest absolute Gasteiger partial charge is 0.407 e. The van der Waals surface area contributed by atoms with Crippen LogP contribution in [0, 0.1) is 5.92 Å². The molecule has 0 bridgehead atoms. The minimum absolute atomic E-state index is 0.323. The van der Waals surface area contributed by atoms with Crippen LogP contribution in [0.15, 0.2) is 30.3 Å². The summed E-state index contributed by atoms with van der Waals surface area (Å²) >= 11 is 0. The molecule has 1 aromatic carbocycles. The Bertz CT molecular complexity index is 889. The van der Waals surface area contributed by atoms with Gasteiger partial charge in [0.2, 0.25) is 11.8 Å². The molecule has 1 rings (SSSR count). The molecule has 0 aliphatic rings. The fourth-order valence-electron chi connectivity index (χ4n) is 3.76. The number of nitrogens with one attached hydrogen (secondary N) is 3. The van der Waals surface area contributed by atoms with Gasteiger partial charge in [-0.15, -0.1) is 0 Å². The first-order valence-corrected chi connectivity index (χ1v) is 13.0. The van der Waals surface area contributed by atoms with Crippen molar-refractivity contribution in [1.29, 1.82) is 0 Å². The Kier molecular flexibility index (Phi) is 12.6. The molecule has 0 saturated heterocycles. The van der Waals surface area contributed by atoms with Gasteiger partial charge in [0, 0.05) is 6.04 Å². The summed E-state index contributed by atoms with van der Waals surface area (Å²) < 4.78 is 10.9. The molecule has 3 atom stereocenters. The Hall–Kier alpha value is -3.10. The van der Waals surface area contributed by atoms with Gasteiger partial charge in [0.25, 0.3) is 0 Å². The predicted molar refractivity (Wildman–Crippen MR) is 143 cm³/mol. The molecule has 9 heteroatoms. The minimum Gasteiger partial charge on any atom is -0.458 e. The fourth-order valence-corrected chi connectivity index (χ4v) is 3.76. The zero-order chi connectivity index (χ0) is 28.2. The second-order valence-corrected chi connectivity index (χ2v) is 11.1. The lowest BCUT2D eigenvalue weighted by molar-refractivity contribution is -0.158. The summed E-state index contributed by atoms with van der Waals surface area (Å²) in [4.78, 5) is 51.1. The lowest BCUT2D eigenvalue weighted by Gasteiger charge is -2.29. The third-order valence-corrected chi connectivity index (χ3v) is 5.23. The van der Waals surface area contributed by atoms with Crippen molar-refractivity contribution in [3.8, 4) is 0 Å². The number of amides is 3. The number of benzene rings is 1. The van der Waals surface area contributed by atoms with Gasteiger partial charge >= 0.3 is 12.1 Å². The number of alkyl carbamates (subject to hydrolysis) is 1. The summed E-state index contributed by atoms with van der Waals surface area (Å²) in [6.07, 6.45) is 2.00. The molecule has 0 aliphatic heterocycles. The van der Waals surface area contributed by atoms with Gasteiger partial charge in [-0.25, -0.2) is 9.59 Å². The van der Waals surface area contributed by atoms with E-state index in [1.54, 1.807) is 65.8 Å². The number of esters is 1. The Balaban J connectivity index is 2.91. The van der Waals surface area contributed by atoms with Crippen LogP contribution in [0.3, 0.4) is 0 Å². The van der Waals surface area contributed by atoms with E-state index >= 15 is 0 Å². The van der Waals surface area contributed by atoms with Crippen LogP contribution in [0.25, 0.3) is 0 Å². The van der Waals surface area contributed by atoms with E-state index in [0.717, 1.165) is 12.8 Å². The third kappa shape index (κ3) is 12.6. The van der Waals surface area contributed by atoms with Crippen molar-refractivity contribution in [3.63, 3.8) is 0 Å². The highest BCUT2D eigenvalue weighted by atomic mass is 16.6. The first kappa shape index (κ1) is 31.9. The molecule has 0 radical (unpaired) electrons. The molecule has 3 unspecified atom stereocenters. The van der Waals surface area contributed by atoms with Gasteiger partial charge in [0.1, 0.15) is 11.2 Å². The molecule has 0 heterocycles. The van der Waals surface area contributed by atoms with E-state index < -0.39 is 47.2 Å². The van der Waals surface area contributed by atoms with Crippen LogP contribution in [0.4, 0.5) is 4.79 Å². The fraction of sp³-hybridized carbons (Fsp3) is 0.643. The van der Waals surface area contributed by atoms with E-state index in [-0.39, 0.29) is 12.5 Å². The normalized spacial score (nSPS) is 14.1. The number of rotatable bonds is 12. The Morgan fingerprint density at radius 1 is 0.811 bits per heavy atom. The molecule has 0 aliphatic carbocycles. The SMILES string of the molecule is CCCC(NC(=O)OC(C)(C)C)C(CCC)C(=O)NCC(=O)NC(C(=O)OC(C)(C)C)c1ccccc1. The van der Waals surface area contributed by atoms with Gasteiger partial charge in [0.05, 0.1) is 12.5 Å². The van der Waals surface area contributed by atoms with Crippen LogP contribution in [-0.2, 0) is 23.9 Å². The second kappa shape index (κ2) is 14.6. The molecule has 37 heavy (non-hydrogen) atoms. The monoisotopic (exact) mass is 519 g/mol. The summed E-state index contributed by atoms with van der Waals surface area (Å²) in [6.45, 7) is 14.2. The summed E-state index contributed by atoms with van der Waals surface area (Å²) in [5, 5.41) is 8.19. The predicted octanol–water partition coefficient (Wildman–Crippen LogP) is 4.41. The van der Waals surface area contributed by atoms with Crippen LogP contribution in [0.1, 0.15) is 92.7 Å². The average molecular weight is 520 g/mol. The van der Waals surface area contributed by atoms with E-state index in [1.165, 1.54) is 0 Å². The summed E-state index contributed by atoms with van der Waals surface area (Å²) in [5.74, 6) is -2.01. The molecule has 1 aromatic rings. The van der Waals surface area contributed by atoms with Crippen molar-refractivity contribution < 1.29 is 28.7 Å². The second-order valence-electron chi connectivity index (χ2n) is 11.1. The Morgan fingerprint density at radius 3 is 1.89 bits per heavy atom. The van der Waals surface area contributed by atoms with Crippen LogP contribution in [0.2, 0.25) is 0 Å². The molecule has 9 nitrogen and oxygen atoms in total. The van der Waals surface area contributed by atoms with E-state index in [4.69, 9.17) is 9.47 Å². The molecule has 0 spiro atoms. The maximum absolute atomic E-state index is 13.1.